The van der Waals surface area contributed by atoms with Crippen molar-refractivity contribution in [3.8, 4) is 11.1 Å². The summed E-state index contributed by atoms with van der Waals surface area (Å²) in [6.07, 6.45) is 0. The first-order chi connectivity index (χ1) is 6.75. The van der Waals surface area contributed by atoms with Gasteiger partial charge in [-0.25, -0.2) is 4.39 Å². The van der Waals surface area contributed by atoms with Gasteiger partial charge in [0.2, 0.25) is 0 Å². The SMILES string of the molecule is Fc1ccc(-c2ccc([S])cc2)cc1. The van der Waals surface area contributed by atoms with Crippen molar-refractivity contribution in [1.82, 2.24) is 0 Å². The number of halogens is 1. The summed E-state index contributed by atoms with van der Waals surface area (Å²) in [4.78, 5) is 0.816. The molecule has 1 radical (unpaired) electrons. The molecule has 0 bridgehead atoms. The summed E-state index contributed by atoms with van der Waals surface area (Å²) < 4.78 is 12.6. The van der Waals surface area contributed by atoms with Gasteiger partial charge in [-0.2, -0.15) is 0 Å². The van der Waals surface area contributed by atoms with Crippen molar-refractivity contribution < 1.29 is 4.39 Å². The maximum Gasteiger partial charge on any atom is 0.123 e. The van der Waals surface area contributed by atoms with Crippen molar-refractivity contribution in [2.24, 2.45) is 0 Å². The summed E-state index contributed by atoms with van der Waals surface area (Å²) in [5, 5.41) is 0. The van der Waals surface area contributed by atoms with E-state index in [-0.39, 0.29) is 5.82 Å². The van der Waals surface area contributed by atoms with Crippen LogP contribution in [0.25, 0.3) is 11.1 Å². The average molecular weight is 203 g/mol. The Morgan fingerprint density at radius 3 is 1.64 bits per heavy atom. The molecule has 0 aliphatic rings. The first-order valence-electron chi connectivity index (χ1n) is 4.29. The van der Waals surface area contributed by atoms with Crippen LogP contribution in [0.1, 0.15) is 0 Å². The Bertz CT molecular complexity index is 374. The van der Waals surface area contributed by atoms with Gasteiger partial charge in [-0.3, -0.25) is 0 Å². The van der Waals surface area contributed by atoms with Gasteiger partial charge in [0.15, 0.2) is 0 Å². The van der Waals surface area contributed by atoms with Crippen LogP contribution in [0, 0.1) is 5.82 Å². The lowest BCUT2D eigenvalue weighted by Gasteiger charge is -2.00. The molecule has 0 aliphatic carbocycles. The quantitative estimate of drug-likeness (QED) is 0.656. The fourth-order valence-corrected chi connectivity index (χ4v) is 1.43. The Morgan fingerprint density at radius 1 is 0.714 bits per heavy atom. The van der Waals surface area contributed by atoms with Crippen LogP contribution in [-0.2, 0) is 0 Å². The van der Waals surface area contributed by atoms with E-state index in [1.165, 1.54) is 12.1 Å². The van der Waals surface area contributed by atoms with Gasteiger partial charge in [0, 0.05) is 4.90 Å². The molecule has 0 spiro atoms. The normalized spacial score (nSPS) is 10.1. The van der Waals surface area contributed by atoms with Gasteiger partial charge in [-0.1, -0.05) is 36.9 Å². The predicted octanol–water partition coefficient (Wildman–Crippen LogP) is 4.05. The van der Waals surface area contributed by atoms with Crippen molar-refractivity contribution in [1.29, 1.82) is 0 Å². The maximum absolute atomic E-state index is 12.6. The highest BCUT2D eigenvalue weighted by molar-refractivity contribution is 7.80. The molecule has 0 unspecified atom stereocenters. The van der Waals surface area contributed by atoms with Crippen LogP contribution in [0.15, 0.2) is 53.4 Å². The molecule has 0 N–H and O–H groups in total. The van der Waals surface area contributed by atoms with Gasteiger partial charge >= 0.3 is 0 Å². The van der Waals surface area contributed by atoms with E-state index in [4.69, 9.17) is 12.6 Å². The highest BCUT2D eigenvalue weighted by Gasteiger charge is 1.97. The molecule has 0 atom stereocenters. The third-order valence-electron chi connectivity index (χ3n) is 2.03. The molecule has 0 aliphatic heterocycles. The van der Waals surface area contributed by atoms with Gasteiger partial charge in [-0.05, 0) is 35.4 Å². The molecule has 0 saturated carbocycles. The number of hydrogen-bond acceptors (Lipinski definition) is 0. The standard InChI is InChI=1S/C12H8FS/c13-11-5-1-9(2-6-11)10-3-7-12(14)8-4-10/h1-8H. The summed E-state index contributed by atoms with van der Waals surface area (Å²) in [6.45, 7) is 0. The predicted molar refractivity (Wildman–Crippen MR) is 57.7 cm³/mol. The Morgan fingerprint density at radius 2 is 1.14 bits per heavy atom. The Balaban J connectivity index is 2.40. The molecule has 0 aromatic heterocycles. The largest absolute Gasteiger partial charge is 0.207 e. The van der Waals surface area contributed by atoms with E-state index in [0.717, 1.165) is 16.0 Å². The van der Waals surface area contributed by atoms with E-state index < -0.39 is 0 Å². The topological polar surface area (TPSA) is 0 Å². The van der Waals surface area contributed by atoms with Crippen LogP contribution in [0.5, 0.6) is 0 Å². The molecule has 69 valence electrons. The zero-order valence-corrected chi connectivity index (χ0v) is 8.22. The maximum atomic E-state index is 12.6. The van der Waals surface area contributed by atoms with E-state index in [1.807, 2.05) is 24.3 Å². The second-order valence-electron chi connectivity index (χ2n) is 3.03. The van der Waals surface area contributed by atoms with E-state index >= 15 is 0 Å². The van der Waals surface area contributed by atoms with Crippen LogP contribution in [0.3, 0.4) is 0 Å². The summed E-state index contributed by atoms with van der Waals surface area (Å²) in [5.41, 5.74) is 2.06. The van der Waals surface area contributed by atoms with E-state index in [1.54, 1.807) is 12.1 Å². The van der Waals surface area contributed by atoms with Crippen molar-refractivity contribution in [3.63, 3.8) is 0 Å². The second kappa shape index (κ2) is 3.76. The lowest BCUT2D eigenvalue weighted by atomic mass is 10.1. The Kier molecular flexibility index (Phi) is 2.46. The number of benzene rings is 2. The Hall–Kier alpha value is -1.41. The van der Waals surface area contributed by atoms with E-state index in [2.05, 4.69) is 0 Å². The minimum atomic E-state index is -0.214. The minimum absolute atomic E-state index is 0.214. The molecule has 2 aromatic carbocycles. The second-order valence-corrected chi connectivity index (χ2v) is 3.50. The molecule has 0 heterocycles. The summed E-state index contributed by atoms with van der Waals surface area (Å²) in [7, 11) is 0. The molecule has 14 heavy (non-hydrogen) atoms. The first kappa shape index (κ1) is 9.16. The Labute approximate surface area is 87.8 Å². The molecule has 2 rings (SSSR count). The molecular weight excluding hydrogens is 195 g/mol. The highest BCUT2D eigenvalue weighted by atomic mass is 32.1. The lowest BCUT2D eigenvalue weighted by molar-refractivity contribution is 0.628. The van der Waals surface area contributed by atoms with Gasteiger partial charge in [0.25, 0.3) is 0 Å². The van der Waals surface area contributed by atoms with Crippen LogP contribution < -0.4 is 0 Å². The van der Waals surface area contributed by atoms with Crippen LogP contribution in [0.4, 0.5) is 4.39 Å². The first-order valence-corrected chi connectivity index (χ1v) is 4.69. The zero-order valence-electron chi connectivity index (χ0n) is 7.41. The molecule has 0 amide bonds. The average Bonchev–Trinajstić information content (AvgIpc) is 2.21. The smallest absolute Gasteiger partial charge is 0.123 e. The fourth-order valence-electron chi connectivity index (χ4n) is 1.29. The zero-order chi connectivity index (χ0) is 9.97. The van der Waals surface area contributed by atoms with Crippen molar-refractivity contribution in [2.75, 3.05) is 0 Å². The molecule has 0 fully saturated rings. The van der Waals surface area contributed by atoms with Gasteiger partial charge in [0.1, 0.15) is 5.82 Å². The van der Waals surface area contributed by atoms with E-state index in [0.29, 0.717) is 0 Å². The lowest BCUT2D eigenvalue weighted by Crippen LogP contribution is -1.78. The molecule has 0 saturated heterocycles. The van der Waals surface area contributed by atoms with Crippen molar-refractivity contribution >= 4 is 12.6 Å². The summed E-state index contributed by atoms with van der Waals surface area (Å²) in [6, 6.07) is 14.0. The van der Waals surface area contributed by atoms with Crippen molar-refractivity contribution in [3.05, 3.63) is 54.3 Å². The minimum Gasteiger partial charge on any atom is -0.207 e. The molecule has 2 heteroatoms. The van der Waals surface area contributed by atoms with Gasteiger partial charge in [-0.15, -0.1) is 0 Å². The van der Waals surface area contributed by atoms with Crippen LogP contribution in [-0.4, -0.2) is 0 Å². The van der Waals surface area contributed by atoms with Crippen molar-refractivity contribution in [2.45, 2.75) is 4.90 Å². The fraction of sp³-hybridized carbons (Fsp3) is 0. The molecule has 2 aromatic rings. The van der Waals surface area contributed by atoms with Crippen LogP contribution in [0.2, 0.25) is 0 Å². The number of rotatable bonds is 1. The third kappa shape index (κ3) is 1.91. The number of hydrogen-bond donors (Lipinski definition) is 0. The van der Waals surface area contributed by atoms with Gasteiger partial charge < -0.3 is 0 Å². The summed E-state index contributed by atoms with van der Waals surface area (Å²) in [5.74, 6) is -0.214. The monoisotopic (exact) mass is 203 g/mol. The molecular formula is C12H8FS. The molecule has 0 nitrogen and oxygen atoms in total. The highest BCUT2D eigenvalue weighted by Crippen LogP contribution is 2.20. The third-order valence-corrected chi connectivity index (χ3v) is 2.30. The van der Waals surface area contributed by atoms with Crippen LogP contribution >= 0.6 is 12.6 Å². The van der Waals surface area contributed by atoms with Gasteiger partial charge in [0.05, 0.1) is 0 Å². The van der Waals surface area contributed by atoms with E-state index in [9.17, 15) is 4.39 Å². The summed E-state index contributed by atoms with van der Waals surface area (Å²) >= 11 is 4.98.